The highest BCUT2D eigenvalue weighted by molar-refractivity contribution is 7.97. The lowest BCUT2D eigenvalue weighted by Gasteiger charge is -2.31. The van der Waals surface area contributed by atoms with Gasteiger partial charge in [-0.3, -0.25) is 4.72 Å². The number of rotatable bonds is 5. The molecule has 0 radical (unpaired) electrons. The molecule has 2 aromatic carbocycles. The average molecular weight is 380 g/mol. The van der Waals surface area contributed by atoms with Crippen molar-refractivity contribution in [3.8, 4) is 0 Å². The van der Waals surface area contributed by atoms with E-state index in [0.29, 0.717) is 0 Å². The molecule has 0 aliphatic carbocycles. The Morgan fingerprint density at radius 1 is 1.00 bits per heavy atom. The Bertz CT molecular complexity index is 937. The van der Waals surface area contributed by atoms with Crippen LogP contribution in [-0.2, 0) is 0 Å². The highest BCUT2D eigenvalue weighted by Crippen LogP contribution is 2.35. The summed E-state index contributed by atoms with van der Waals surface area (Å²) in [6, 6.07) is 12.9. The molecular weight excluding hydrogens is 354 g/mol. The van der Waals surface area contributed by atoms with Crippen LogP contribution in [-0.4, -0.2) is 30.1 Å². The van der Waals surface area contributed by atoms with Crippen molar-refractivity contribution in [2.45, 2.75) is 31.1 Å². The fourth-order valence-electron chi connectivity index (χ4n) is 3.60. The molecule has 1 saturated heterocycles. The maximum Gasteiger partial charge on any atom is 0.141 e. The molecule has 4 rings (SSSR count). The first-order valence-electron chi connectivity index (χ1n) is 9.45. The molecule has 5 nitrogen and oxygen atoms in total. The van der Waals surface area contributed by atoms with Gasteiger partial charge in [-0.15, -0.1) is 0 Å². The number of hydrogen-bond donors (Lipinski definition) is 2. The van der Waals surface area contributed by atoms with E-state index in [2.05, 4.69) is 68.2 Å². The van der Waals surface area contributed by atoms with Crippen LogP contribution in [0.5, 0.6) is 0 Å². The van der Waals surface area contributed by atoms with Crippen LogP contribution < -0.4 is 14.9 Å². The Morgan fingerprint density at radius 2 is 1.85 bits per heavy atom. The van der Waals surface area contributed by atoms with E-state index in [4.69, 9.17) is 0 Å². The second-order valence-corrected chi connectivity index (χ2v) is 7.98. The third-order valence-corrected chi connectivity index (χ3v) is 5.62. The van der Waals surface area contributed by atoms with Gasteiger partial charge in [-0.25, -0.2) is 9.97 Å². The number of aryl methyl sites for hydroxylation is 1. The molecule has 1 aliphatic heterocycles. The smallest absolute Gasteiger partial charge is 0.141 e. The molecule has 0 unspecified atom stereocenters. The van der Waals surface area contributed by atoms with Crippen LogP contribution in [0.2, 0.25) is 0 Å². The number of nitrogens with one attached hydrogen (secondary N) is 2. The summed E-state index contributed by atoms with van der Waals surface area (Å²) in [5, 5.41) is 4.65. The molecule has 3 aromatic rings. The predicted molar refractivity (Wildman–Crippen MR) is 115 cm³/mol. The van der Waals surface area contributed by atoms with Crippen LogP contribution in [0.3, 0.4) is 0 Å². The predicted octanol–water partition coefficient (Wildman–Crippen LogP) is 4.90. The zero-order chi connectivity index (χ0) is 18.6. The Morgan fingerprint density at radius 3 is 2.67 bits per heavy atom. The van der Waals surface area contributed by atoms with Gasteiger partial charge in [0.2, 0.25) is 0 Å². The maximum atomic E-state index is 4.54. The number of hydrogen-bond acceptors (Lipinski definition) is 6. The number of benzene rings is 2. The summed E-state index contributed by atoms with van der Waals surface area (Å²) < 4.78 is 3.16. The van der Waals surface area contributed by atoms with Crippen LogP contribution in [0.4, 0.5) is 17.2 Å². The average Bonchev–Trinajstić information content (AvgIpc) is 2.70. The first-order chi connectivity index (χ1) is 13.2. The molecule has 27 heavy (non-hydrogen) atoms. The van der Waals surface area contributed by atoms with Gasteiger partial charge >= 0.3 is 0 Å². The second-order valence-electron chi connectivity index (χ2n) is 6.90. The number of aromatic nitrogens is 2. The Kier molecular flexibility index (Phi) is 5.45. The molecule has 1 aromatic heterocycles. The molecule has 0 bridgehead atoms. The van der Waals surface area contributed by atoms with Gasteiger partial charge in [0, 0.05) is 23.4 Å². The van der Waals surface area contributed by atoms with Gasteiger partial charge in [-0.2, -0.15) is 0 Å². The molecule has 140 valence electrons. The van der Waals surface area contributed by atoms with Crippen molar-refractivity contribution in [1.29, 1.82) is 0 Å². The number of nitrogens with zero attached hydrogens (tertiary/aromatic N) is 3. The fraction of sp³-hybridized carbons (Fsp3) is 0.333. The molecule has 2 heterocycles. The summed E-state index contributed by atoms with van der Waals surface area (Å²) in [6.45, 7) is 4.31. The number of piperidine rings is 1. The van der Waals surface area contributed by atoms with E-state index in [1.54, 1.807) is 18.3 Å². The zero-order valence-corrected chi connectivity index (χ0v) is 16.6. The SMILES string of the molecule is CNSc1ccc(N2CCCCC2)c(Nc2ncnc3ccc(C)cc23)c1. The molecule has 1 fully saturated rings. The highest BCUT2D eigenvalue weighted by atomic mass is 32.2. The van der Waals surface area contributed by atoms with Gasteiger partial charge in [0.05, 0.1) is 16.9 Å². The molecule has 1 aliphatic rings. The second kappa shape index (κ2) is 8.15. The minimum atomic E-state index is 0.855. The van der Waals surface area contributed by atoms with Crippen LogP contribution >= 0.6 is 11.9 Å². The minimum absolute atomic E-state index is 0.855. The van der Waals surface area contributed by atoms with Gasteiger partial charge in [0.1, 0.15) is 12.1 Å². The van der Waals surface area contributed by atoms with Gasteiger partial charge in [0.25, 0.3) is 0 Å². The first-order valence-corrected chi connectivity index (χ1v) is 10.3. The Labute approximate surface area is 164 Å². The van der Waals surface area contributed by atoms with Crippen LogP contribution in [0.25, 0.3) is 10.9 Å². The molecule has 0 spiro atoms. The minimum Gasteiger partial charge on any atom is -0.370 e. The normalized spacial score (nSPS) is 14.5. The molecule has 6 heteroatoms. The number of anilines is 3. The quantitative estimate of drug-likeness (QED) is 0.615. The Balaban J connectivity index is 1.75. The fourth-order valence-corrected chi connectivity index (χ4v) is 4.15. The Hall–Kier alpha value is -2.31. The summed E-state index contributed by atoms with van der Waals surface area (Å²) in [5.74, 6) is 0.855. The van der Waals surface area contributed by atoms with Crippen molar-refractivity contribution < 1.29 is 0 Å². The summed E-state index contributed by atoms with van der Waals surface area (Å²) >= 11 is 1.62. The van der Waals surface area contributed by atoms with Crippen molar-refractivity contribution in [3.05, 3.63) is 48.3 Å². The topological polar surface area (TPSA) is 53.1 Å². The largest absolute Gasteiger partial charge is 0.370 e. The van der Waals surface area contributed by atoms with E-state index in [1.807, 2.05) is 7.05 Å². The number of fused-ring (bicyclic) bond motifs is 1. The van der Waals surface area contributed by atoms with Crippen molar-refractivity contribution in [2.75, 3.05) is 30.4 Å². The van der Waals surface area contributed by atoms with Crippen LogP contribution in [0, 0.1) is 6.92 Å². The summed E-state index contributed by atoms with van der Waals surface area (Å²) in [5.41, 5.74) is 4.50. The summed E-state index contributed by atoms with van der Waals surface area (Å²) in [4.78, 5) is 12.6. The lowest BCUT2D eigenvalue weighted by Crippen LogP contribution is -2.29. The van der Waals surface area contributed by atoms with Gasteiger partial charge in [0.15, 0.2) is 0 Å². The standard InChI is InChI=1S/C21H25N5S/c1-15-6-8-18-17(12-15)21(24-14-23-18)25-19-13-16(27-22-2)7-9-20(19)26-10-4-3-5-11-26/h6-9,12-14,22H,3-5,10-11H2,1-2H3,(H,23,24,25). The van der Waals surface area contributed by atoms with Crippen molar-refractivity contribution in [3.63, 3.8) is 0 Å². The maximum absolute atomic E-state index is 4.54. The van der Waals surface area contributed by atoms with Gasteiger partial charge < -0.3 is 10.2 Å². The van der Waals surface area contributed by atoms with Crippen LogP contribution in [0.15, 0.2) is 47.6 Å². The van der Waals surface area contributed by atoms with Gasteiger partial charge in [-0.1, -0.05) is 11.6 Å². The zero-order valence-electron chi connectivity index (χ0n) is 15.8. The van der Waals surface area contributed by atoms with Crippen molar-refractivity contribution in [2.24, 2.45) is 0 Å². The van der Waals surface area contributed by atoms with E-state index < -0.39 is 0 Å². The molecular formula is C21H25N5S. The van der Waals surface area contributed by atoms with Crippen molar-refractivity contribution >= 4 is 40.0 Å². The summed E-state index contributed by atoms with van der Waals surface area (Å²) in [6.07, 6.45) is 5.46. The van der Waals surface area contributed by atoms with E-state index in [9.17, 15) is 0 Å². The molecule has 0 amide bonds. The molecule has 0 saturated carbocycles. The first kappa shape index (κ1) is 18.1. The monoisotopic (exact) mass is 379 g/mol. The van der Waals surface area contributed by atoms with E-state index in [0.717, 1.165) is 35.5 Å². The third-order valence-electron chi connectivity index (χ3n) is 4.93. The van der Waals surface area contributed by atoms with Crippen LogP contribution in [0.1, 0.15) is 24.8 Å². The van der Waals surface area contributed by atoms with Crippen molar-refractivity contribution in [1.82, 2.24) is 14.7 Å². The van der Waals surface area contributed by atoms with E-state index >= 15 is 0 Å². The molecule has 0 atom stereocenters. The highest BCUT2D eigenvalue weighted by Gasteiger charge is 2.16. The lowest BCUT2D eigenvalue weighted by molar-refractivity contribution is 0.578. The van der Waals surface area contributed by atoms with Gasteiger partial charge in [-0.05, 0) is 75.5 Å². The van der Waals surface area contributed by atoms with E-state index in [-0.39, 0.29) is 0 Å². The summed E-state index contributed by atoms with van der Waals surface area (Å²) in [7, 11) is 1.94. The third kappa shape index (κ3) is 4.01. The lowest BCUT2D eigenvalue weighted by atomic mass is 10.1. The van der Waals surface area contributed by atoms with E-state index in [1.165, 1.54) is 35.4 Å². The molecule has 2 N–H and O–H groups in total.